The maximum absolute atomic E-state index is 12.3. The molecule has 2 aromatic heterocycles. The maximum atomic E-state index is 12.3. The molecule has 0 saturated heterocycles. The van der Waals surface area contributed by atoms with Crippen molar-refractivity contribution in [3.05, 3.63) is 53.7 Å². The van der Waals surface area contributed by atoms with E-state index < -0.39 is 0 Å². The Hall–Kier alpha value is -2.95. The number of nitrogen functional groups attached to an aromatic ring is 1. The van der Waals surface area contributed by atoms with Crippen LogP contribution in [0.3, 0.4) is 0 Å². The molecule has 0 atom stereocenters. The number of aromatic nitrogens is 2. The molecular formula is C25H30N4O. The van der Waals surface area contributed by atoms with Crippen LogP contribution >= 0.6 is 0 Å². The highest BCUT2D eigenvalue weighted by Crippen LogP contribution is 2.27. The second kappa shape index (κ2) is 9.24. The summed E-state index contributed by atoms with van der Waals surface area (Å²) in [5.41, 5.74) is 11.1. The molecule has 5 heteroatoms. The van der Waals surface area contributed by atoms with Crippen molar-refractivity contribution in [2.75, 3.05) is 12.3 Å². The van der Waals surface area contributed by atoms with Crippen LogP contribution in [0, 0.1) is 12.8 Å². The minimum atomic E-state index is 0.0953. The van der Waals surface area contributed by atoms with Gasteiger partial charge in [0.1, 0.15) is 5.82 Å². The van der Waals surface area contributed by atoms with E-state index in [1.807, 2.05) is 24.4 Å². The van der Waals surface area contributed by atoms with Crippen molar-refractivity contribution in [1.82, 2.24) is 15.3 Å². The normalized spacial score (nSPS) is 14.7. The lowest BCUT2D eigenvalue weighted by molar-refractivity contribution is -0.121. The number of fused-ring (bicyclic) bond motifs is 1. The fourth-order valence-electron chi connectivity index (χ4n) is 4.36. The summed E-state index contributed by atoms with van der Waals surface area (Å²) >= 11 is 0. The van der Waals surface area contributed by atoms with Crippen molar-refractivity contribution < 1.29 is 4.79 Å². The number of carbonyl (C=O) groups excluding carboxylic acids is 1. The van der Waals surface area contributed by atoms with Crippen molar-refractivity contribution in [3.63, 3.8) is 0 Å². The third-order valence-electron chi connectivity index (χ3n) is 6.14. The van der Waals surface area contributed by atoms with Crippen LogP contribution in [0.4, 0.5) is 5.82 Å². The van der Waals surface area contributed by atoms with Crippen LogP contribution in [0.5, 0.6) is 0 Å². The Morgan fingerprint density at radius 3 is 2.80 bits per heavy atom. The fraction of sp³-hybridized carbons (Fsp3) is 0.400. The quantitative estimate of drug-likeness (QED) is 0.620. The molecule has 4 rings (SSSR count). The Kier molecular flexibility index (Phi) is 6.26. The number of carbonyl (C=O) groups is 1. The number of rotatable bonds is 6. The smallest absolute Gasteiger partial charge is 0.220 e. The number of hydrogen-bond acceptors (Lipinski definition) is 4. The summed E-state index contributed by atoms with van der Waals surface area (Å²) in [4.78, 5) is 21.4. The SMILES string of the molecule is Cc1cccnc1-c1ccc2nc(N)c(CCC(=O)NCC3CCCCC3)cc2c1. The first-order valence-electron chi connectivity index (χ1n) is 11.0. The standard InChI is InChI=1S/C25H30N4O/c1-17-6-5-13-27-24(17)19-9-11-22-21(14-19)15-20(25(26)29-22)10-12-23(30)28-16-18-7-3-2-4-8-18/h5-6,9,11,13-15,18H,2-4,7-8,10,12,16H2,1H3,(H2,26,29)(H,28,30). The molecule has 1 aliphatic rings. The van der Waals surface area contributed by atoms with Crippen molar-refractivity contribution in [3.8, 4) is 11.3 Å². The Labute approximate surface area is 178 Å². The predicted molar refractivity (Wildman–Crippen MR) is 122 cm³/mol. The van der Waals surface area contributed by atoms with E-state index in [-0.39, 0.29) is 5.91 Å². The van der Waals surface area contributed by atoms with Gasteiger partial charge in [-0.2, -0.15) is 0 Å². The lowest BCUT2D eigenvalue weighted by Gasteiger charge is -2.21. The lowest BCUT2D eigenvalue weighted by Crippen LogP contribution is -2.30. The van der Waals surface area contributed by atoms with Gasteiger partial charge in [0.2, 0.25) is 5.91 Å². The van der Waals surface area contributed by atoms with Crippen molar-refractivity contribution in [2.24, 2.45) is 5.92 Å². The summed E-state index contributed by atoms with van der Waals surface area (Å²) < 4.78 is 0. The zero-order valence-electron chi connectivity index (χ0n) is 17.7. The Balaban J connectivity index is 1.45. The van der Waals surface area contributed by atoms with Crippen molar-refractivity contribution >= 4 is 22.6 Å². The Morgan fingerprint density at radius 1 is 1.17 bits per heavy atom. The molecule has 3 aromatic rings. The third-order valence-corrected chi connectivity index (χ3v) is 6.14. The highest BCUT2D eigenvalue weighted by atomic mass is 16.1. The molecule has 0 bridgehead atoms. The third kappa shape index (κ3) is 4.78. The summed E-state index contributed by atoms with van der Waals surface area (Å²) in [5.74, 6) is 1.24. The van der Waals surface area contributed by atoms with Crippen LogP contribution in [0.15, 0.2) is 42.6 Å². The van der Waals surface area contributed by atoms with Crippen LogP contribution < -0.4 is 11.1 Å². The molecule has 0 spiro atoms. The van der Waals surface area contributed by atoms with Gasteiger partial charge in [-0.1, -0.05) is 31.4 Å². The average molecular weight is 403 g/mol. The van der Waals surface area contributed by atoms with Crippen LogP contribution in [-0.4, -0.2) is 22.4 Å². The number of nitrogens with zero attached hydrogens (tertiary/aromatic N) is 2. The second-order valence-electron chi connectivity index (χ2n) is 8.42. The molecule has 3 N–H and O–H groups in total. The van der Waals surface area contributed by atoms with Gasteiger partial charge in [-0.3, -0.25) is 9.78 Å². The molecule has 156 valence electrons. The van der Waals surface area contributed by atoms with Gasteiger partial charge in [-0.25, -0.2) is 4.98 Å². The molecule has 1 fully saturated rings. The van der Waals surface area contributed by atoms with E-state index in [9.17, 15) is 4.79 Å². The predicted octanol–water partition coefficient (Wildman–Crippen LogP) is 4.82. The number of benzene rings is 1. The van der Waals surface area contributed by atoms with E-state index in [1.165, 1.54) is 32.1 Å². The fourth-order valence-corrected chi connectivity index (χ4v) is 4.36. The van der Waals surface area contributed by atoms with Crippen molar-refractivity contribution in [2.45, 2.75) is 51.9 Å². The number of anilines is 1. The summed E-state index contributed by atoms with van der Waals surface area (Å²) in [6.07, 6.45) is 9.23. The number of amides is 1. The molecule has 0 unspecified atom stereocenters. The zero-order chi connectivity index (χ0) is 20.9. The first-order chi connectivity index (χ1) is 14.6. The molecule has 1 aromatic carbocycles. The number of pyridine rings is 2. The van der Waals surface area contributed by atoms with Gasteiger partial charge in [0.05, 0.1) is 11.2 Å². The van der Waals surface area contributed by atoms with E-state index in [4.69, 9.17) is 5.73 Å². The molecule has 1 saturated carbocycles. The van der Waals surface area contributed by atoms with E-state index in [1.54, 1.807) is 0 Å². The van der Waals surface area contributed by atoms with Crippen LogP contribution in [0.25, 0.3) is 22.2 Å². The van der Waals surface area contributed by atoms with Gasteiger partial charge in [0.25, 0.3) is 0 Å². The summed E-state index contributed by atoms with van der Waals surface area (Å²) in [7, 11) is 0. The lowest BCUT2D eigenvalue weighted by atomic mass is 9.89. The molecule has 2 heterocycles. The molecule has 1 amide bonds. The topological polar surface area (TPSA) is 80.9 Å². The van der Waals surface area contributed by atoms with E-state index in [2.05, 4.69) is 40.4 Å². The van der Waals surface area contributed by atoms with Crippen molar-refractivity contribution in [1.29, 1.82) is 0 Å². The summed E-state index contributed by atoms with van der Waals surface area (Å²) in [6, 6.07) is 12.2. The molecule has 5 nitrogen and oxygen atoms in total. The van der Waals surface area contributed by atoms with Crippen LogP contribution in [0.1, 0.15) is 49.7 Å². The zero-order valence-corrected chi connectivity index (χ0v) is 17.7. The first kappa shape index (κ1) is 20.3. The Bertz CT molecular complexity index is 1040. The largest absolute Gasteiger partial charge is 0.383 e. The van der Waals surface area contributed by atoms with Gasteiger partial charge in [-0.15, -0.1) is 0 Å². The molecule has 0 radical (unpaired) electrons. The van der Waals surface area contributed by atoms with Crippen LogP contribution in [0.2, 0.25) is 0 Å². The van der Waals surface area contributed by atoms with E-state index >= 15 is 0 Å². The number of aryl methyl sites for hydroxylation is 2. The minimum absolute atomic E-state index is 0.0953. The van der Waals surface area contributed by atoms with Crippen LogP contribution in [-0.2, 0) is 11.2 Å². The van der Waals surface area contributed by atoms with E-state index in [0.717, 1.165) is 39.8 Å². The summed E-state index contributed by atoms with van der Waals surface area (Å²) in [5, 5.41) is 4.13. The average Bonchev–Trinajstić information content (AvgIpc) is 2.77. The first-order valence-corrected chi connectivity index (χ1v) is 11.0. The minimum Gasteiger partial charge on any atom is -0.383 e. The van der Waals surface area contributed by atoms with E-state index in [0.29, 0.717) is 24.6 Å². The maximum Gasteiger partial charge on any atom is 0.220 e. The molecule has 30 heavy (non-hydrogen) atoms. The van der Waals surface area contributed by atoms with Gasteiger partial charge in [0, 0.05) is 30.1 Å². The van der Waals surface area contributed by atoms with Gasteiger partial charge < -0.3 is 11.1 Å². The molecule has 0 aliphatic heterocycles. The molecular weight excluding hydrogens is 372 g/mol. The van der Waals surface area contributed by atoms with Gasteiger partial charge in [0.15, 0.2) is 0 Å². The monoisotopic (exact) mass is 402 g/mol. The number of nitrogens with two attached hydrogens (primary N) is 1. The number of hydrogen-bond donors (Lipinski definition) is 2. The Morgan fingerprint density at radius 2 is 2.00 bits per heavy atom. The van der Waals surface area contributed by atoms with Gasteiger partial charge in [-0.05, 0) is 67.5 Å². The highest BCUT2D eigenvalue weighted by molar-refractivity contribution is 5.86. The summed E-state index contributed by atoms with van der Waals surface area (Å²) in [6.45, 7) is 2.86. The molecule has 1 aliphatic carbocycles. The highest BCUT2D eigenvalue weighted by Gasteiger charge is 2.15. The second-order valence-corrected chi connectivity index (χ2v) is 8.42. The van der Waals surface area contributed by atoms with Gasteiger partial charge >= 0.3 is 0 Å². The number of nitrogens with one attached hydrogen (secondary N) is 1.